The third-order valence-electron chi connectivity index (χ3n) is 5.40. The number of carbonyl (C=O) groups is 2. The molecule has 1 fully saturated rings. The number of nitrogens with zero attached hydrogens (tertiary/aromatic N) is 2. The number of nitrogens with one attached hydrogen (secondary N) is 1. The number of H-pyrrole nitrogens is 1. The van der Waals surface area contributed by atoms with Crippen molar-refractivity contribution in [1.82, 2.24) is 14.8 Å². The average Bonchev–Trinajstić information content (AvgIpc) is 3.20. The summed E-state index contributed by atoms with van der Waals surface area (Å²) in [7, 11) is 1.61. The number of methoxy groups -OCH3 is 1. The predicted octanol–water partition coefficient (Wildman–Crippen LogP) is 2.20. The molecule has 1 aromatic carbocycles. The molecule has 2 aromatic rings. The molecule has 0 bridgehead atoms. The molecule has 1 aromatic heterocycles. The molecular formula is C19H22ClN3O3. The van der Waals surface area contributed by atoms with Gasteiger partial charge in [0.2, 0.25) is 11.8 Å². The first kappa shape index (κ1) is 17.4. The molecule has 0 saturated carbocycles. The van der Waals surface area contributed by atoms with Gasteiger partial charge in [-0.15, -0.1) is 0 Å². The molecule has 0 spiro atoms. The Morgan fingerprint density at radius 3 is 3.08 bits per heavy atom. The molecule has 4 rings (SSSR count). The van der Waals surface area contributed by atoms with Crippen LogP contribution in [-0.2, 0) is 27.3 Å². The third kappa shape index (κ3) is 2.97. The molecule has 138 valence electrons. The fourth-order valence-electron chi connectivity index (χ4n) is 4.00. The molecule has 0 unspecified atom stereocenters. The maximum Gasteiger partial charge on any atom is 0.228 e. The van der Waals surface area contributed by atoms with E-state index in [1.54, 1.807) is 12.0 Å². The van der Waals surface area contributed by atoms with Crippen LogP contribution < -0.4 is 0 Å². The number of para-hydroxylation sites is 1. The van der Waals surface area contributed by atoms with Gasteiger partial charge in [0.25, 0.3) is 0 Å². The number of hydrogen-bond acceptors (Lipinski definition) is 3. The number of aromatic nitrogens is 1. The van der Waals surface area contributed by atoms with E-state index >= 15 is 0 Å². The predicted molar refractivity (Wildman–Crippen MR) is 99.0 cm³/mol. The lowest BCUT2D eigenvalue weighted by Gasteiger charge is -2.29. The Morgan fingerprint density at radius 1 is 1.42 bits per heavy atom. The highest BCUT2D eigenvalue weighted by atomic mass is 35.5. The fourth-order valence-corrected chi connectivity index (χ4v) is 4.23. The lowest BCUT2D eigenvalue weighted by atomic mass is 10.0. The van der Waals surface area contributed by atoms with Crippen molar-refractivity contribution in [3.8, 4) is 0 Å². The van der Waals surface area contributed by atoms with Crippen molar-refractivity contribution in [2.75, 3.05) is 33.4 Å². The summed E-state index contributed by atoms with van der Waals surface area (Å²) in [5.41, 5.74) is 3.24. The third-order valence-corrected chi connectivity index (χ3v) is 5.72. The highest BCUT2D eigenvalue weighted by Gasteiger charge is 2.37. The molecule has 0 aliphatic carbocycles. The van der Waals surface area contributed by atoms with Gasteiger partial charge in [0.15, 0.2) is 0 Å². The molecule has 2 aliphatic heterocycles. The lowest BCUT2D eigenvalue weighted by Crippen LogP contribution is -2.40. The summed E-state index contributed by atoms with van der Waals surface area (Å²) in [5.74, 6) is -0.146. The summed E-state index contributed by atoms with van der Waals surface area (Å²) in [6, 6.07) is 5.84. The zero-order valence-electron chi connectivity index (χ0n) is 14.8. The number of aromatic amines is 1. The number of benzene rings is 1. The maximum atomic E-state index is 13.0. The minimum absolute atomic E-state index is 0.0389. The summed E-state index contributed by atoms with van der Waals surface area (Å²) in [6.07, 6.45) is 1.08. The largest absolute Gasteiger partial charge is 0.383 e. The molecule has 6 nitrogen and oxygen atoms in total. The van der Waals surface area contributed by atoms with E-state index in [1.807, 2.05) is 23.1 Å². The second-order valence-electron chi connectivity index (χ2n) is 6.99. The SMILES string of the molecule is COCCN1C[C@H](C(=O)N2CCc3[nH]c4c(Cl)cccc4c3C2)CC1=O. The van der Waals surface area contributed by atoms with Crippen molar-refractivity contribution < 1.29 is 14.3 Å². The van der Waals surface area contributed by atoms with E-state index in [-0.39, 0.29) is 17.7 Å². The zero-order chi connectivity index (χ0) is 18.3. The fraction of sp³-hybridized carbons (Fsp3) is 0.474. The molecule has 3 heterocycles. The molecule has 26 heavy (non-hydrogen) atoms. The van der Waals surface area contributed by atoms with Gasteiger partial charge in [0.05, 0.1) is 23.1 Å². The van der Waals surface area contributed by atoms with Crippen LogP contribution in [0.25, 0.3) is 10.9 Å². The van der Waals surface area contributed by atoms with Gasteiger partial charge < -0.3 is 19.5 Å². The second kappa shape index (κ2) is 6.93. The highest BCUT2D eigenvalue weighted by molar-refractivity contribution is 6.35. The number of hydrogen-bond donors (Lipinski definition) is 1. The Hall–Kier alpha value is -2.05. The van der Waals surface area contributed by atoms with Gasteiger partial charge in [-0.2, -0.15) is 0 Å². The molecule has 1 atom stereocenters. The number of likely N-dealkylation sites (tertiary alicyclic amines) is 1. The van der Waals surface area contributed by atoms with Gasteiger partial charge in [0, 0.05) is 62.8 Å². The van der Waals surface area contributed by atoms with Crippen LogP contribution in [0.2, 0.25) is 5.02 Å². The topological polar surface area (TPSA) is 65.6 Å². The van der Waals surface area contributed by atoms with E-state index in [2.05, 4.69) is 4.98 Å². The van der Waals surface area contributed by atoms with E-state index in [1.165, 1.54) is 0 Å². The van der Waals surface area contributed by atoms with Gasteiger partial charge in [0.1, 0.15) is 0 Å². The maximum absolute atomic E-state index is 13.0. The number of fused-ring (bicyclic) bond motifs is 3. The molecule has 0 radical (unpaired) electrons. The number of carbonyl (C=O) groups excluding carboxylic acids is 2. The van der Waals surface area contributed by atoms with E-state index in [0.29, 0.717) is 44.2 Å². The van der Waals surface area contributed by atoms with Crippen molar-refractivity contribution in [2.45, 2.75) is 19.4 Å². The van der Waals surface area contributed by atoms with Crippen LogP contribution in [0.15, 0.2) is 18.2 Å². The lowest BCUT2D eigenvalue weighted by molar-refractivity contribution is -0.136. The number of amides is 2. The molecule has 2 aliphatic rings. The Balaban J connectivity index is 1.50. The van der Waals surface area contributed by atoms with Crippen LogP contribution in [0, 0.1) is 5.92 Å². The number of ether oxygens (including phenoxy) is 1. The Morgan fingerprint density at radius 2 is 2.27 bits per heavy atom. The van der Waals surface area contributed by atoms with Gasteiger partial charge in [-0.25, -0.2) is 0 Å². The van der Waals surface area contributed by atoms with Crippen molar-refractivity contribution in [1.29, 1.82) is 0 Å². The normalized spacial score (nSPS) is 20.1. The quantitative estimate of drug-likeness (QED) is 0.890. The van der Waals surface area contributed by atoms with Crippen LogP contribution in [0.4, 0.5) is 0 Å². The van der Waals surface area contributed by atoms with Crippen molar-refractivity contribution in [3.63, 3.8) is 0 Å². The zero-order valence-corrected chi connectivity index (χ0v) is 15.5. The van der Waals surface area contributed by atoms with Crippen molar-refractivity contribution in [2.24, 2.45) is 5.92 Å². The van der Waals surface area contributed by atoms with Crippen LogP contribution in [-0.4, -0.2) is 59.9 Å². The minimum Gasteiger partial charge on any atom is -0.383 e. The first-order valence-corrected chi connectivity index (χ1v) is 9.29. The van der Waals surface area contributed by atoms with Crippen LogP contribution >= 0.6 is 11.6 Å². The van der Waals surface area contributed by atoms with Gasteiger partial charge in [-0.1, -0.05) is 23.7 Å². The van der Waals surface area contributed by atoms with Crippen LogP contribution in [0.1, 0.15) is 17.7 Å². The molecule has 1 N–H and O–H groups in total. The highest BCUT2D eigenvalue weighted by Crippen LogP contribution is 2.32. The molecule has 2 amide bonds. The standard InChI is InChI=1S/C19H22ClN3O3/c1-26-8-7-22-10-12(9-17(22)24)19(25)23-6-5-16-14(11-23)13-3-2-4-15(20)18(13)21-16/h2-4,12,21H,5-11H2,1H3/t12-/m1/s1. The van der Waals surface area contributed by atoms with E-state index in [4.69, 9.17) is 16.3 Å². The summed E-state index contributed by atoms with van der Waals surface area (Å²) in [5, 5.41) is 1.78. The smallest absolute Gasteiger partial charge is 0.228 e. The van der Waals surface area contributed by atoms with E-state index < -0.39 is 0 Å². The Kier molecular flexibility index (Phi) is 4.63. The average molecular weight is 376 g/mol. The van der Waals surface area contributed by atoms with Crippen LogP contribution in [0.5, 0.6) is 0 Å². The van der Waals surface area contributed by atoms with Crippen LogP contribution in [0.3, 0.4) is 0 Å². The molecular weight excluding hydrogens is 354 g/mol. The minimum atomic E-state index is -0.255. The number of halogens is 1. The second-order valence-corrected chi connectivity index (χ2v) is 7.40. The van der Waals surface area contributed by atoms with E-state index in [0.717, 1.165) is 28.6 Å². The summed E-state index contributed by atoms with van der Waals surface area (Å²) >= 11 is 6.29. The summed E-state index contributed by atoms with van der Waals surface area (Å²) in [4.78, 5) is 32.1. The van der Waals surface area contributed by atoms with Gasteiger partial charge in [-0.05, 0) is 6.07 Å². The van der Waals surface area contributed by atoms with E-state index in [9.17, 15) is 9.59 Å². The summed E-state index contributed by atoms with van der Waals surface area (Å²) in [6.45, 7) is 2.76. The first-order chi connectivity index (χ1) is 12.6. The molecule has 7 heteroatoms. The Bertz CT molecular complexity index is 863. The Labute approximate surface area is 157 Å². The monoisotopic (exact) mass is 375 g/mol. The van der Waals surface area contributed by atoms with Crippen molar-refractivity contribution >= 4 is 34.3 Å². The summed E-state index contributed by atoms with van der Waals surface area (Å²) < 4.78 is 5.04. The van der Waals surface area contributed by atoms with Gasteiger partial charge in [-0.3, -0.25) is 9.59 Å². The number of rotatable bonds is 4. The van der Waals surface area contributed by atoms with Gasteiger partial charge >= 0.3 is 0 Å². The first-order valence-electron chi connectivity index (χ1n) is 8.92. The molecule has 1 saturated heterocycles. The van der Waals surface area contributed by atoms with Crippen molar-refractivity contribution in [3.05, 3.63) is 34.5 Å².